The summed E-state index contributed by atoms with van der Waals surface area (Å²) in [6, 6.07) is 18.0. The molecule has 0 aliphatic carbocycles. The van der Waals surface area contributed by atoms with Crippen molar-refractivity contribution in [2.45, 2.75) is 4.90 Å². The molecule has 1 heterocycles. The van der Waals surface area contributed by atoms with Crippen molar-refractivity contribution in [3.63, 3.8) is 0 Å². The molecule has 0 radical (unpaired) electrons. The minimum atomic E-state index is -3.73. The fraction of sp³-hybridized carbons (Fsp3) is 0.100. The molecular formula is C20H18N4O2S2. The molecule has 0 unspecified atom stereocenters. The molecular weight excluding hydrogens is 392 g/mol. The van der Waals surface area contributed by atoms with E-state index in [1.807, 2.05) is 49.3 Å². The van der Waals surface area contributed by atoms with Gasteiger partial charge in [0.15, 0.2) is 0 Å². The summed E-state index contributed by atoms with van der Waals surface area (Å²) in [5.41, 5.74) is 1.27. The van der Waals surface area contributed by atoms with Crippen molar-refractivity contribution < 1.29 is 8.42 Å². The Morgan fingerprint density at radius 2 is 1.86 bits per heavy atom. The lowest BCUT2D eigenvalue weighted by molar-refractivity contribution is 0.602. The number of thiazole rings is 1. The smallest absolute Gasteiger partial charge is 0.262 e. The Hall–Kier alpha value is -2.97. The van der Waals surface area contributed by atoms with Crippen LogP contribution >= 0.6 is 11.3 Å². The summed E-state index contributed by atoms with van der Waals surface area (Å²) in [7, 11) is 0.0465. The van der Waals surface area contributed by atoms with Crippen molar-refractivity contribution in [2.24, 2.45) is 4.99 Å². The minimum Gasteiger partial charge on any atom is -0.369 e. The molecule has 1 aromatic heterocycles. The quantitative estimate of drug-likeness (QED) is 0.389. The average Bonchev–Trinajstić information content (AvgIpc) is 3.08. The van der Waals surface area contributed by atoms with Gasteiger partial charge in [-0.15, -0.1) is 0 Å². The van der Waals surface area contributed by atoms with Crippen molar-refractivity contribution >= 4 is 59.5 Å². The van der Waals surface area contributed by atoms with Gasteiger partial charge < -0.3 is 4.90 Å². The molecule has 3 aromatic carbocycles. The number of anilines is 1. The van der Waals surface area contributed by atoms with Crippen LogP contribution in [-0.2, 0) is 10.0 Å². The van der Waals surface area contributed by atoms with Crippen LogP contribution in [0.5, 0.6) is 0 Å². The van der Waals surface area contributed by atoms with E-state index in [1.165, 1.54) is 11.3 Å². The normalized spacial score (nSPS) is 12.1. The highest BCUT2D eigenvalue weighted by Crippen LogP contribution is 2.31. The zero-order valence-corrected chi connectivity index (χ0v) is 17.0. The van der Waals surface area contributed by atoms with Crippen LogP contribution in [0.25, 0.3) is 21.0 Å². The zero-order chi connectivity index (χ0) is 19.7. The maximum Gasteiger partial charge on any atom is 0.262 e. The zero-order valence-electron chi connectivity index (χ0n) is 15.3. The van der Waals surface area contributed by atoms with E-state index in [0.29, 0.717) is 16.2 Å². The highest BCUT2D eigenvalue weighted by Gasteiger charge is 2.17. The predicted molar refractivity (Wildman–Crippen MR) is 116 cm³/mol. The van der Waals surface area contributed by atoms with Crippen LogP contribution in [0.4, 0.5) is 10.8 Å². The monoisotopic (exact) mass is 410 g/mol. The van der Waals surface area contributed by atoms with Gasteiger partial charge in [0.1, 0.15) is 0 Å². The van der Waals surface area contributed by atoms with Crippen molar-refractivity contribution in [1.29, 1.82) is 0 Å². The highest BCUT2D eigenvalue weighted by atomic mass is 32.2. The van der Waals surface area contributed by atoms with Crippen molar-refractivity contribution in [3.05, 3.63) is 60.7 Å². The van der Waals surface area contributed by atoms with E-state index in [2.05, 4.69) is 14.7 Å². The third-order valence-electron chi connectivity index (χ3n) is 4.07. The molecule has 4 aromatic rings. The van der Waals surface area contributed by atoms with Gasteiger partial charge in [0.25, 0.3) is 10.0 Å². The molecule has 0 saturated carbocycles. The van der Waals surface area contributed by atoms with Crippen molar-refractivity contribution in [1.82, 2.24) is 9.88 Å². The predicted octanol–water partition coefficient (Wildman–Crippen LogP) is 4.47. The van der Waals surface area contributed by atoms with Gasteiger partial charge in [-0.2, -0.15) is 0 Å². The second-order valence-corrected chi connectivity index (χ2v) is 9.13. The number of aliphatic imine (C=N–C) groups is 1. The number of aromatic nitrogens is 1. The average molecular weight is 411 g/mol. The SMILES string of the molecule is CN(C)/C=N/c1nc2ccc(NS(=O)(=O)c3cccc4ccccc34)cc2s1. The summed E-state index contributed by atoms with van der Waals surface area (Å²) in [4.78, 5) is 10.8. The van der Waals surface area contributed by atoms with Crippen LogP contribution in [0.2, 0.25) is 0 Å². The summed E-state index contributed by atoms with van der Waals surface area (Å²) < 4.78 is 29.5. The van der Waals surface area contributed by atoms with Crippen LogP contribution in [0, 0.1) is 0 Å². The molecule has 0 bridgehead atoms. The van der Waals surface area contributed by atoms with Gasteiger partial charge in [-0.25, -0.2) is 18.4 Å². The summed E-state index contributed by atoms with van der Waals surface area (Å²) >= 11 is 1.41. The molecule has 0 aliphatic heterocycles. The number of sulfonamides is 1. The molecule has 28 heavy (non-hydrogen) atoms. The van der Waals surface area contributed by atoms with E-state index in [0.717, 1.165) is 15.6 Å². The molecule has 0 fully saturated rings. The summed E-state index contributed by atoms with van der Waals surface area (Å²) in [6.07, 6.45) is 1.68. The Balaban J connectivity index is 1.68. The third kappa shape index (κ3) is 3.69. The van der Waals surface area contributed by atoms with Crippen molar-refractivity contribution in [2.75, 3.05) is 18.8 Å². The standard InChI is InChI=1S/C20H18N4O2S2/c1-24(2)13-21-20-22-17-11-10-15(12-18(17)27-20)23-28(25,26)19-9-5-7-14-6-3-4-8-16(14)19/h3-13,23H,1-2H3/b21-13+. The molecule has 1 N–H and O–H groups in total. The van der Waals surface area contributed by atoms with Crippen LogP contribution < -0.4 is 4.72 Å². The number of fused-ring (bicyclic) bond motifs is 2. The van der Waals surface area contributed by atoms with E-state index in [9.17, 15) is 8.42 Å². The molecule has 0 amide bonds. The Morgan fingerprint density at radius 1 is 1.07 bits per heavy atom. The van der Waals surface area contributed by atoms with Gasteiger partial charge in [0.05, 0.1) is 27.1 Å². The summed E-state index contributed by atoms with van der Waals surface area (Å²) in [6.45, 7) is 0. The van der Waals surface area contributed by atoms with Gasteiger partial charge in [-0.1, -0.05) is 47.7 Å². The first-order chi connectivity index (χ1) is 13.4. The highest BCUT2D eigenvalue weighted by molar-refractivity contribution is 7.93. The van der Waals surface area contributed by atoms with E-state index in [-0.39, 0.29) is 4.90 Å². The van der Waals surface area contributed by atoms with Crippen LogP contribution in [0.3, 0.4) is 0 Å². The number of hydrogen-bond acceptors (Lipinski definition) is 5. The first kappa shape index (κ1) is 18.4. The Bertz CT molecular complexity index is 1290. The molecule has 0 saturated heterocycles. The largest absolute Gasteiger partial charge is 0.369 e. The van der Waals surface area contributed by atoms with Gasteiger partial charge in [-0.3, -0.25) is 4.72 Å². The molecule has 142 valence electrons. The first-order valence-corrected chi connectivity index (χ1v) is 10.8. The minimum absolute atomic E-state index is 0.256. The van der Waals surface area contributed by atoms with Gasteiger partial charge in [0, 0.05) is 19.5 Å². The first-order valence-electron chi connectivity index (χ1n) is 8.54. The Morgan fingerprint density at radius 3 is 2.68 bits per heavy atom. The number of benzene rings is 3. The van der Waals surface area contributed by atoms with E-state index in [1.54, 1.807) is 36.7 Å². The van der Waals surface area contributed by atoms with Crippen molar-refractivity contribution in [3.8, 4) is 0 Å². The van der Waals surface area contributed by atoms with E-state index >= 15 is 0 Å². The maximum absolute atomic E-state index is 13.0. The molecule has 0 spiro atoms. The second kappa shape index (κ2) is 7.21. The summed E-state index contributed by atoms with van der Waals surface area (Å²) in [5, 5.41) is 2.20. The van der Waals surface area contributed by atoms with Gasteiger partial charge >= 0.3 is 0 Å². The maximum atomic E-state index is 13.0. The second-order valence-electron chi connectivity index (χ2n) is 6.47. The summed E-state index contributed by atoms with van der Waals surface area (Å²) in [5.74, 6) is 0. The Labute approximate surface area is 167 Å². The fourth-order valence-electron chi connectivity index (χ4n) is 2.84. The van der Waals surface area contributed by atoms with E-state index < -0.39 is 10.0 Å². The fourth-order valence-corrected chi connectivity index (χ4v) is 4.96. The number of nitrogens with zero attached hydrogens (tertiary/aromatic N) is 3. The van der Waals surface area contributed by atoms with Gasteiger partial charge in [0.2, 0.25) is 5.13 Å². The lowest BCUT2D eigenvalue weighted by Gasteiger charge is -2.10. The van der Waals surface area contributed by atoms with Crippen LogP contribution in [0.15, 0.2) is 70.6 Å². The van der Waals surface area contributed by atoms with Gasteiger partial charge in [-0.05, 0) is 29.7 Å². The Kier molecular flexibility index (Phi) is 4.74. The molecule has 4 rings (SSSR count). The van der Waals surface area contributed by atoms with Crippen LogP contribution in [-0.4, -0.2) is 38.7 Å². The number of hydrogen-bond donors (Lipinski definition) is 1. The molecule has 8 heteroatoms. The number of nitrogens with one attached hydrogen (secondary N) is 1. The lowest BCUT2D eigenvalue weighted by Crippen LogP contribution is -2.13. The van der Waals surface area contributed by atoms with Crippen LogP contribution in [0.1, 0.15) is 0 Å². The molecule has 6 nitrogen and oxygen atoms in total. The topological polar surface area (TPSA) is 74.7 Å². The van der Waals surface area contributed by atoms with E-state index in [4.69, 9.17) is 0 Å². The lowest BCUT2D eigenvalue weighted by atomic mass is 10.1. The third-order valence-corrected chi connectivity index (χ3v) is 6.43. The number of rotatable bonds is 5. The molecule has 0 aliphatic rings. The molecule has 0 atom stereocenters.